The molecule has 0 fully saturated rings. The number of carbonyl (C=O) groups excluding carboxylic acids is 1. The van der Waals surface area contributed by atoms with Crippen LogP contribution in [-0.2, 0) is 9.53 Å². The number of hydrogen-bond acceptors (Lipinski definition) is 2. The normalized spacial score (nSPS) is 14.7. The fourth-order valence-electron chi connectivity index (χ4n) is 1.15. The van der Waals surface area contributed by atoms with E-state index < -0.39 is 18.5 Å². The third-order valence-electron chi connectivity index (χ3n) is 1.93. The van der Waals surface area contributed by atoms with Crippen LogP contribution in [0.4, 0.5) is 13.2 Å². The molecule has 5 heteroatoms. The number of carbonyl (C=O) groups is 1. The number of hydrogen-bond donors (Lipinski definition) is 0. The summed E-state index contributed by atoms with van der Waals surface area (Å²) in [5.74, 6) is -0.831. The van der Waals surface area contributed by atoms with E-state index >= 15 is 0 Å². The highest BCUT2D eigenvalue weighted by molar-refractivity contribution is 5.66. The first-order chi connectivity index (χ1) is 7.07. The van der Waals surface area contributed by atoms with E-state index in [-0.39, 0.29) is 13.1 Å². The van der Waals surface area contributed by atoms with Crippen molar-refractivity contribution < 1.29 is 22.7 Å². The molecule has 0 saturated heterocycles. The van der Waals surface area contributed by atoms with Gasteiger partial charge in [-0.15, -0.1) is 0 Å². The first-order valence-corrected chi connectivity index (χ1v) is 5.09. The van der Waals surface area contributed by atoms with Crippen molar-refractivity contribution in [3.05, 3.63) is 0 Å². The van der Waals surface area contributed by atoms with Crippen LogP contribution in [0, 0.1) is 0 Å². The third kappa shape index (κ3) is 8.27. The Kier molecular flexibility index (Phi) is 8.14. The van der Waals surface area contributed by atoms with E-state index in [4.69, 9.17) is 0 Å². The number of alkyl halides is 3. The number of halogens is 3. The lowest BCUT2D eigenvalue weighted by Gasteiger charge is -2.12. The smallest absolute Gasteiger partial charge is 0.305 e. The van der Waals surface area contributed by atoms with Gasteiger partial charge in [-0.3, -0.25) is 9.18 Å². The summed E-state index contributed by atoms with van der Waals surface area (Å²) in [6, 6.07) is 0. The molecule has 2 nitrogen and oxygen atoms in total. The van der Waals surface area contributed by atoms with Gasteiger partial charge in [-0.05, 0) is 12.8 Å². The number of unbranched alkanes of at least 4 members (excludes halogenated alkanes) is 3. The summed E-state index contributed by atoms with van der Waals surface area (Å²) in [4.78, 5) is 10.3. The number of rotatable bonds is 8. The molecule has 0 aliphatic heterocycles. The maximum atomic E-state index is 12.9. The molecule has 15 heavy (non-hydrogen) atoms. The monoisotopic (exact) mass is 226 g/mol. The molecule has 2 unspecified atom stereocenters. The van der Waals surface area contributed by atoms with Gasteiger partial charge in [0.2, 0.25) is 0 Å². The lowest BCUT2D eigenvalue weighted by Crippen LogP contribution is -2.22. The predicted molar refractivity (Wildman–Crippen MR) is 50.6 cm³/mol. The van der Waals surface area contributed by atoms with Gasteiger partial charge in [-0.25, -0.2) is 4.39 Å². The zero-order valence-electron chi connectivity index (χ0n) is 8.85. The minimum atomic E-state index is -2.18. The standard InChI is InChI=1S/C10H17F3O2/c1-8(14)15-10(13)9(12)6-4-2-3-5-7-11/h9-10H,2-7H2,1H3. The van der Waals surface area contributed by atoms with Gasteiger partial charge in [-0.2, -0.15) is 4.39 Å². The van der Waals surface area contributed by atoms with E-state index in [2.05, 4.69) is 4.74 Å². The van der Waals surface area contributed by atoms with Crippen molar-refractivity contribution >= 4 is 5.97 Å². The van der Waals surface area contributed by atoms with Crippen LogP contribution in [-0.4, -0.2) is 25.2 Å². The molecule has 0 aliphatic rings. The second-order valence-electron chi connectivity index (χ2n) is 3.37. The lowest BCUT2D eigenvalue weighted by atomic mass is 10.1. The minimum absolute atomic E-state index is 0.000727. The van der Waals surface area contributed by atoms with Crippen molar-refractivity contribution in [2.45, 2.75) is 51.6 Å². The Morgan fingerprint density at radius 3 is 2.33 bits per heavy atom. The Morgan fingerprint density at radius 1 is 1.20 bits per heavy atom. The summed E-state index contributed by atoms with van der Waals surface area (Å²) in [6.45, 7) is 0.652. The van der Waals surface area contributed by atoms with E-state index in [0.717, 1.165) is 6.92 Å². The number of ether oxygens (including phenoxy) is 1. The zero-order valence-corrected chi connectivity index (χ0v) is 8.85. The van der Waals surface area contributed by atoms with Gasteiger partial charge in [0.15, 0.2) is 6.17 Å². The molecule has 0 aromatic rings. The summed E-state index contributed by atoms with van der Waals surface area (Å²) in [5, 5.41) is 0. The van der Waals surface area contributed by atoms with Crippen molar-refractivity contribution in [3.8, 4) is 0 Å². The van der Waals surface area contributed by atoms with Crippen molar-refractivity contribution in [1.29, 1.82) is 0 Å². The van der Waals surface area contributed by atoms with Crippen molar-refractivity contribution in [3.63, 3.8) is 0 Å². The summed E-state index contributed by atoms with van der Waals surface area (Å²) in [5.41, 5.74) is 0. The molecule has 0 aliphatic carbocycles. The molecule has 0 rings (SSSR count). The van der Waals surface area contributed by atoms with Gasteiger partial charge in [0.1, 0.15) is 0 Å². The number of esters is 1. The highest BCUT2D eigenvalue weighted by Crippen LogP contribution is 2.14. The Hall–Kier alpha value is -0.740. The summed E-state index contributed by atoms with van der Waals surface area (Å²) >= 11 is 0. The maximum Gasteiger partial charge on any atom is 0.305 e. The Morgan fingerprint density at radius 2 is 1.80 bits per heavy atom. The van der Waals surface area contributed by atoms with Gasteiger partial charge in [-0.1, -0.05) is 19.3 Å². The largest absolute Gasteiger partial charge is 0.428 e. The highest BCUT2D eigenvalue weighted by Gasteiger charge is 2.22. The average Bonchev–Trinajstić information content (AvgIpc) is 2.16. The Labute approximate surface area is 87.8 Å². The van der Waals surface area contributed by atoms with Crippen molar-refractivity contribution in [2.75, 3.05) is 6.67 Å². The van der Waals surface area contributed by atoms with Crippen molar-refractivity contribution in [1.82, 2.24) is 0 Å². The van der Waals surface area contributed by atoms with Gasteiger partial charge in [0, 0.05) is 6.92 Å². The van der Waals surface area contributed by atoms with Crippen LogP contribution in [0.2, 0.25) is 0 Å². The minimum Gasteiger partial charge on any atom is -0.428 e. The van der Waals surface area contributed by atoms with Crippen LogP contribution in [0.1, 0.15) is 39.0 Å². The molecule has 0 saturated carbocycles. The van der Waals surface area contributed by atoms with Gasteiger partial charge >= 0.3 is 5.97 Å². The quantitative estimate of drug-likeness (QED) is 0.469. The molecular formula is C10H17F3O2. The fraction of sp³-hybridized carbons (Fsp3) is 0.900. The van der Waals surface area contributed by atoms with Crippen LogP contribution in [0.25, 0.3) is 0 Å². The predicted octanol–water partition coefficient (Wildman–Crippen LogP) is 3.10. The molecular weight excluding hydrogens is 209 g/mol. The molecule has 0 heterocycles. The molecule has 0 spiro atoms. The summed E-state index contributed by atoms with van der Waals surface area (Å²) in [6.07, 6.45) is -1.68. The molecule has 0 aromatic carbocycles. The fourth-order valence-corrected chi connectivity index (χ4v) is 1.15. The topological polar surface area (TPSA) is 26.3 Å². The van der Waals surface area contributed by atoms with E-state index in [0.29, 0.717) is 25.7 Å². The van der Waals surface area contributed by atoms with Gasteiger partial charge < -0.3 is 4.74 Å². The van der Waals surface area contributed by atoms with Crippen molar-refractivity contribution in [2.24, 2.45) is 0 Å². The lowest BCUT2D eigenvalue weighted by molar-refractivity contribution is -0.162. The van der Waals surface area contributed by atoms with E-state index in [9.17, 15) is 18.0 Å². The molecule has 0 bridgehead atoms. The van der Waals surface area contributed by atoms with E-state index in [1.165, 1.54) is 0 Å². The second-order valence-corrected chi connectivity index (χ2v) is 3.37. The maximum absolute atomic E-state index is 12.9. The van der Waals surface area contributed by atoms with Crippen LogP contribution < -0.4 is 0 Å². The van der Waals surface area contributed by atoms with Crippen LogP contribution >= 0.6 is 0 Å². The first-order valence-electron chi connectivity index (χ1n) is 5.09. The Balaban J connectivity index is 3.46. The highest BCUT2D eigenvalue weighted by atomic mass is 19.2. The average molecular weight is 226 g/mol. The van der Waals surface area contributed by atoms with E-state index in [1.807, 2.05) is 0 Å². The molecule has 2 atom stereocenters. The summed E-state index contributed by atoms with van der Waals surface area (Å²) < 4.78 is 41.4. The second kappa shape index (κ2) is 8.56. The van der Waals surface area contributed by atoms with Gasteiger partial charge in [0.05, 0.1) is 6.67 Å². The van der Waals surface area contributed by atoms with Crippen LogP contribution in [0.5, 0.6) is 0 Å². The Bertz CT molecular complexity index is 176. The molecule has 0 amide bonds. The summed E-state index contributed by atoms with van der Waals surface area (Å²) in [7, 11) is 0. The van der Waals surface area contributed by atoms with Crippen LogP contribution in [0.15, 0.2) is 0 Å². The third-order valence-corrected chi connectivity index (χ3v) is 1.93. The molecule has 0 radical (unpaired) electrons. The molecule has 90 valence electrons. The van der Waals surface area contributed by atoms with E-state index in [1.54, 1.807) is 0 Å². The first kappa shape index (κ1) is 14.3. The van der Waals surface area contributed by atoms with Gasteiger partial charge in [0.25, 0.3) is 6.36 Å². The molecule has 0 N–H and O–H groups in total. The zero-order chi connectivity index (χ0) is 11.7. The van der Waals surface area contributed by atoms with Crippen LogP contribution in [0.3, 0.4) is 0 Å². The molecule has 0 aromatic heterocycles. The SMILES string of the molecule is CC(=O)OC(F)C(F)CCCCCCF.